The van der Waals surface area contributed by atoms with Gasteiger partial charge in [-0.1, -0.05) is 19.9 Å². The van der Waals surface area contributed by atoms with E-state index in [2.05, 4.69) is 24.8 Å². The van der Waals surface area contributed by atoms with Gasteiger partial charge in [-0.2, -0.15) is 0 Å². The van der Waals surface area contributed by atoms with Gasteiger partial charge in [0.05, 0.1) is 13.2 Å². The first-order valence-electron chi connectivity index (χ1n) is 6.72. The second-order valence-corrected chi connectivity index (χ2v) is 5.45. The van der Waals surface area contributed by atoms with E-state index in [0.717, 1.165) is 51.3 Å². The van der Waals surface area contributed by atoms with Crippen molar-refractivity contribution in [3.63, 3.8) is 0 Å². The first-order chi connectivity index (χ1) is 8.16. The van der Waals surface area contributed by atoms with Crippen LogP contribution in [0.3, 0.4) is 0 Å². The predicted molar refractivity (Wildman–Crippen MR) is 75.2 cm³/mol. The van der Waals surface area contributed by atoms with Gasteiger partial charge in [0.15, 0.2) is 5.78 Å². The van der Waals surface area contributed by atoms with Crippen LogP contribution in [-0.4, -0.2) is 43.5 Å². The Kier molecular flexibility index (Phi) is 6.33. The van der Waals surface area contributed by atoms with E-state index in [1.807, 2.05) is 0 Å². The summed E-state index contributed by atoms with van der Waals surface area (Å²) in [5.74, 6) is 1.11. The molecule has 1 unspecified atom stereocenters. The molecule has 1 aliphatic heterocycles. The third-order valence-electron chi connectivity index (χ3n) is 3.57. The second kappa shape index (κ2) is 7.27. The molecule has 0 spiro atoms. The molecule has 0 radical (unpaired) electrons. The van der Waals surface area contributed by atoms with E-state index >= 15 is 0 Å². The summed E-state index contributed by atoms with van der Waals surface area (Å²) in [7, 11) is 0. The van der Waals surface area contributed by atoms with Gasteiger partial charge < -0.3 is 4.74 Å². The maximum absolute atomic E-state index is 12.2. The maximum Gasteiger partial charge on any atom is 0.162 e. The third-order valence-corrected chi connectivity index (χ3v) is 3.57. The van der Waals surface area contributed by atoms with E-state index in [-0.39, 0.29) is 18.3 Å². The van der Waals surface area contributed by atoms with Crippen LogP contribution in [0, 0.1) is 11.8 Å². The number of Topliss-reactive ketones (excluding diaryl/α,β-unsaturated/α-hetero) is 1. The Balaban J connectivity index is 0.00000162. The van der Waals surface area contributed by atoms with E-state index in [4.69, 9.17) is 4.74 Å². The summed E-state index contributed by atoms with van der Waals surface area (Å²) < 4.78 is 5.33. The first-order valence-corrected chi connectivity index (χ1v) is 6.72. The Morgan fingerprint density at radius 3 is 2.67 bits per heavy atom. The Labute approximate surface area is 116 Å². The highest BCUT2D eigenvalue weighted by molar-refractivity contribution is 5.99. The van der Waals surface area contributed by atoms with Gasteiger partial charge in [-0.05, 0) is 24.3 Å². The zero-order valence-electron chi connectivity index (χ0n) is 11.4. The summed E-state index contributed by atoms with van der Waals surface area (Å²) in [4.78, 5) is 14.6. The van der Waals surface area contributed by atoms with Gasteiger partial charge in [-0.15, -0.1) is 12.4 Å². The third kappa shape index (κ3) is 4.08. The molecule has 0 aromatic heterocycles. The molecule has 2 aliphatic rings. The zero-order chi connectivity index (χ0) is 12.3. The number of ether oxygens (including phenoxy) is 1. The van der Waals surface area contributed by atoms with Crippen molar-refractivity contribution < 1.29 is 9.53 Å². The Morgan fingerprint density at radius 1 is 1.39 bits per heavy atom. The maximum atomic E-state index is 12.2. The van der Waals surface area contributed by atoms with Crippen LogP contribution >= 0.6 is 12.4 Å². The number of allylic oxidation sites excluding steroid dienone is 2. The number of hydrogen-bond donors (Lipinski definition) is 0. The topological polar surface area (TPSA) is 29.5 Å². The van der Waals surface area contributed by atoms with Gasteiger partial charge in [0, 0.05) is 25.6 Å². The summed E-state index contributed by atoms with van der Waals surface area (Å²) in [6.07, 6.45) is 4.16. The molecule has 1 saturated carbocycles. The van der Waals surface area contributed by atoms with Crippen molar-refractivity contribution in [3.05, 3.63) is 11.6 Å². The lowest BCUT2D eigenvalue weighted by Crippen LogP contribution is -2.40. The predicted octanol–water partition coefficient (Wildman–Crippen LogP) is 2.30. The summed E-state index contributed by atoms with van der Waals surface area (Å²) in [6, 6.07) is 0. The van der Waals surface area contributed by atoms with E-state index in [9.17, 15) is 4.79 Å². The number of carbonyl (C=O) groups excluding carboxylic acids is 1. The molecule has 0 N–H and O–H groups in total. The molecular formula is C14H24ClNO2. The fourth-order valence-electron chi connectivity index (χ4n) is 2.68. The summed E-state index contributed by atoms with van der Waals surface area (Å²) in [5.41, 5.74) is 1.07. The molecule has 104 valence electrons. The molecule has 18 heavy (non-hydrogen) atoms. The van der Waals surface area contributed by atoms with Crippen LogP contribution in [0.15, 0.2) is 11.6 Å². The number of nitrogens with zero attached hydrogens (tertiary/aromatic N) is 1. The van der Waals surface area contributed by atoms with Crippen molar-refractivity contribution in [2.24, 2.45) is 11.8 Å². The monoisotopic (exact) mass is 273 g/mol. The van der Waals surface area contributed by atoms with Crippen LogP contribution in [0.5, 0.6) is 0 Å². The molecule has 0 aromatic carbocycles. The van der Waals surface area contributed by atoms with Gasteiger partial charge in [0.1, 0.15) is 0 Å². The molecule has 2 fully saturated rings. The van der Waals surface area contributed by atoms with Crippen molar-refractivity contribution in [3.8, 4) is 0 Å². The Morgan fingerprint density at radius 2 is 2.06 bits per heavy atom. The number of rotatable bonds is 3. The normalized spacial score (nSPS) is 27.8. The molecule has 4 heteroatoms. The molecule has 0 aromatic rings. The second-order valence-electron chi connectivity index (χ2n) is 5.45. The lowest BCUT2D eigenvalue weighted by atomic mass is 10.0. The number of hydrogen-bond acceptors (Lipinski definition) is 3. The Bertz CT molecular complexity index is 309. The van der Waals surface area contributed by atoms with Gasteiger partial charge in [0.25, 0.3) is 0 Å². The highest BCUT2D eigenvalue weighted by Gasteiger charge is 2.30. The van der Waals surface area contributed by atoms with Crippen molar-refractivity contribution in [2.75, 3.05) is 32.8 Å². The fourth-order valence-corrected chi connectivity index (χ4v) is 2.68. The van der Waals surface area contributed by atoms with E-state index in [1.54, 1.807) is 0 Å². The van der Waals surface area contributed by atoms with Crippen LogP contribution in [-0.2, 0) is 9.53 Å². The number of carbonyl (C=O) groups is 1. The van der Waals surface area contributed by atoms with Crippen LogP contribution in [0.1, 0.15) is 26.7 Å². The fraction of sp³-hybridized carbons (Fsp3) is 0.786. The van der Waals surface area contributed by atoms with Gasteiger partial charge in [0.2, 0.25) is 0 Å². The minimum atomic E-state index is 0. The summed E-state index contributed by atoms with van der Waals surface area (Å²) >= 11 is 0. The summed E-state index contributed by atoms with van der Waals surface area (Å²) in [5, 5.41) is 0. The SMILES string of the molecule is CC(C)C=C1CCC(CN2CCOCC2)C1=O.Cl. The van der Waals surface area contributed by atoms with E-state index in [0.29, 0.717) is 11.7 Å². The van der Waals surface area contributed by atoms with Crippen molar-refractivity contribution in [1.29, 1.82) is 0 Å². The highest BCUT2D eigenvalue weighted by Crippen LogP contribution is 2.28. The zero-order valence-corrected chi connectivity index (χ0v) is 12.2. The van der Waals surface area contributed by atoms with Crippen LogP contribution in [0.2, 0.25) is 0 Å². The largest absolute Gasteiger partial charge is 0.379 e. The van der Waals surface area contributed by atoms with E-state index < -0.39 is 0 Å². The van der Waals surface area contributed by atoms with Crippen LogP contribution < -0.4 is 0 Å². The molecule has 0 amide bonds. The molecule has 1 aliphatic carbocycles. The molecule has 1 atom stereocenters. The van der Waals surface area contributed by atoms with Gasteiger partial charge >= 0.3 is 0 Å². The molecular weight excluding hydrogens is 250 g/mol. The number of morpholine rings is 1. The molecule has 2 rings (SSSR count). The lowest BCUT2D eigenvalue weighted by Gasteiger charge is -2.28. The first kappa shape index (κ1) is 15.7. The standard InChI is InChI=1S/C14H23NO2.ClH/c1-11(2)9-12-3-4-13(14(12)16)10-15-5-7-17-8-6-15;/h9,11,13H,3-8,10H2,1-2H3;1H. The molecule has 3 nitrogen and oxygen atoms in total. The van der Waals surface area contributed by atoms with Crippen molar-refractivity contribution in [1.82, 2.24) is 4.90 Å². The summed E-state index contributed by atoms with van der Waals surface area (Å²) in [6.45, 7) is 8.79. The quantitative estimate of drug-likeness (QED) is 0.739. The Hall–Kier alpha value is -0.380. The van der Waals surface area contributed by atoms with Gasteiger partial charge in [-0.3, -0.25) is 9.69 Å². The number of halogens is 1. The average Bonchev–Trinajstić information content (AvgIpc) is 2.62. The van der Waals surface area contributed by atoms with Crippen molar-refractivity contribution >= 4 is 18.2 Å². The molecule has 1 heterocycles. The van der Waals surface area contributed by atoms with Crippen LogP contribution in [0.4, 0.5) is 0 Å². The lowest BCUT2D eigenvalue weighted by molar-refractivity contribution is -0.118. The smallest absolute Gasteiger partial charge is 0.162 e. The molecule has 1 saturated heterocycles. The number of ketones is 1. The van der Waals surface area contributed by atoms with E-state index in [1.165, 1.54) is 0 Å². The minimum absolute atomic E-state index is 0. The molecule has 0 bridgehead atoms. The minimum Gasteiger partial charge on any atom is -0.379 e. The average molecular weight is 274 g/mol. The van der Waals surface area contributed by atoms with Gasteiger partial charge in [-0.25, -0.2) is 0 Å². The van der Waals surface area contributed by atoms with Crippen molar-refractivity contribution in [2.45, 2.75) is 26.7 Å². The van der Waals surface area contributed by atoms with Crippen LogP contribution in [0.25, 0.3) is 0 Å². The highest BCUT2D eigenvalue weighted by atomic mass is 35.5.